The number of halogens is 2. The Labute approximate surface area is 275 Å². The summed E-state index contributed by atoms with van der Waals surface area (Å²) in [7, 11) is 3.18. The Hall–Kier alpha value is -3.30. The first-order valence-corrected chi connectivity index (χ1v) is 15.6. The maximum atomic E-state index is 14.2. The van der Waals surface area contributed by atoms with Crippen LogP contribution in [-0.4, -0.2) is 55.3 Å². The van der Waals surface area contributed by atoms with Crippen molar-refractivity contribution in [1.82, 2.24) is 4.90 Å². The fourth-order valence-corrected chi connectivity index (χ4v) is 5.74. The van der Waals surface area contributed by atoms with Gasteiger partial charge >= 0.3 is 5.97 Å². The molecule has 45 heavy (non-hydrogen) atoms. The third kappa shape index (κ3) is 9.13. The van der Waals surface area contributed by atoms with E-state index in [0.29, 0.717) is 41.2 Å². The largest absolute Gasteiger partial charge is 0.493 e. The quantitative estimate of drug-likeness (QED) is 0.145. The Morgan fingerprint density at radius 2 is 1.64 bits per heavy atom. The maximum Gasteiger partial charge on any atom is 0.309 e. The minimum Gasteiger partial charge on any atom is -0.493 e. The maximum absolute atomic E-state index is 14.2. The molecule has 1 aliphatic rings. The number of rotatable bonds is 12. The molecule has 1 heterocycles. The minimum absolute atomic E-state index is 0.223. The number of ether oxygens (including phenoxy) is 5. The summed E-state index contributed by atoms with van der Waals surface area (Å²) in [6.07, 6.45) is -1.36. The van der Waals surface area contributed by atoms with Gasteiger partial charge in [0.05, 0.1) is 33.3 Å². The van der Waals surface area contributed by atoms with Crippen LogP contribution >= 0.6 is 23.2 Å². The molecule has 0 bridgehead atoms. The Morgan fingerprint density at radius 3 is 2.29 bits per heavy atom. The SMILES string of the molecule is COc1ccc(COCC[C@H](C)N2C(=O)[C@@H](CC(=O)OC(C)(C)C)O[C@H](c3cccc(Cl)c3)[C@H]2c2ccc(Cl)cc2)cc1OC. The molecule has 4 atom stereocenters. The highest BCUT2D eigenvalue weighted by atomic mass is 35.5. The monoisotopic (exact) mass is 657 g/mol. The average Bonchev–Trinajstić information content (AvgIpc) is 2.99. The van der Waals surface area contributed by atoms with Crippen molar-refractivity contribution in [2.45, 2.75) is 77.0 Å². The average molecular weight is 659 g/mol. The lowest BCUT2D eigenvalue weighted by molar-refractivity contribution is -0.186. The van der Waals surface area contributed by atoms with Crippen LogP contribution in [0, 0.1) is 0 Å². The van der Waals surface area contributed by atoms with Crippen molar-refractivity contribution < 1.29 is 33.3 Å². The number of morpholine rings is 1. The van der Waals surface area contributed by atoms with Crippen LogP contribution in [0.25, 0.3) is 0 Å². The lowest BCUT2D eigenvalue weighted by atomic mass is 9.89. The van der Waals surface area contributed by atoms with Crippen LogP contribution in [0.5, 0.6) is 11.5 Å². The van der Waals surface area contributed by atoms with Crippen LogP contribution in [0.15, 0.2) is 66.7 Å². The molecule has 8 nitrogen and oxygen atoms in total. The van der Waals surface area contributed by atoms with E-state index in [1.165, 1.54) is 0 Å². The first kappa shape index (κ1) is 34.6. The molecule has 10 heteroatoms. The lowest BCUT2D eigenvalue weighted by Crippen LogP contribution is -2.55. The van der Waals surface area contributed by atoms with Gasteiger partial charge in [0.25, 0.3) is 5.91 Å². The number of hydrogen-bond acceptors (Lipinski definition) is 7. The van der Waals surface area contributed by atoms with Crippen LogP contribution in [0.1, 0.15) is 69.4 Å². The van der Waals surface area contributed by atoms with E-state index in [-0.39, 0.29) is 18.4 Å². The van der Waals surface area contributed by atoms with Gasteiger partial charge in [0.2, 0.25) is 0 Å². The van der Waals surface area contributed by atoms with Crippen molar-refractivity contribution in [1.29, 1.82) is 0 Å². The van der Waals surface area contributed by atoms with Gasteiger partial charge in [-0.1, -0.05) is 53.5 Å². The second-order valence-electron chi connectivity index (χ2n) is 12.0. The molecule has 1 aliphatic heterocycles. The standard InChI is InChI=1S/C35H41Cl2NO7/c1-22(16-17-43-21-23-10-15-28(41-5)29(18-23)42-6)38-32(24-11-13-26(36)14-12-24)33(25-8-7-9-27(37)19-25)44-30(34(38)40)20-31(39)45-35(2,3)4/h7-15,18-19,22,30,32-33H,16-17,20-21H2,1-6H3/t22-,30+,32+,33+/m0/s1. The number of amides is 1. The molecule has 0 spiro atoms. The topological polar surface area (TPSA) is 83.5 Å². The van der Waals surface area contributed by atoms with E-state index in [9.17, 15) is 9.59 Å². The van der Waals surface area contributed by atoms with Crippen LogP contribution < -0.4 is 9.47 Å². The summed E-state index contributed by atoms with van der Waals surface area (Å²) < 4.78 is 28.8. The van der Waals surface area contributed by atoms with Crippen molar-refractivity contribution in [2.24, 2.45) is 0 Å². The zero-order chi connectivity index (χ0) is 32.7. The number of methoxy groups -OCH3 is 2. The molecule has 1 fully saturated rings. The van der Waals surface area contributed by atoms with E-state index in [1.807, 2.05) is 60.4 Å². The summed E-state index contributed by atoms with van der Waals surface area (Å²) in [5, 5.41) is 1.11. The van der Waals surface area contributed by atoms with Gasteiger partial charge in [0.15, 0.2) is 11.5 Å². The van der Waals surface area contributed by atoms with Gasteiger partial charge in [-0.2, -0.15) is 0 Å². The van der Waals surface area contributed by atoms with Gasteiger partial charge in [-0.05, 0) is 87.2 Å². The normalized spacial score (nSPS) is 19.2. The highest BCUT2D eigenvalue weighted by molar-refractivity contribution is 6.30. The molecule has 242 valence electrons. The van der Waals surface area contributed by atoms with Gasteiger partial charge in [0, 0.05) is 22.7 Å². The summed E-state index contributed by atoms with van der Waals surface area (Å²) in [5.74, 6) is 0.455. The zero-order valence-corrected chi connectivity index (χ0v) is 28.1. The highest BCUT2D eigenvalue weighted by Crippen LogP contribution is 2.44. The fraction of sp³-hybridized carbons (Fsp3) is 0.429. The molecule has 0 aliphatic carbocycles. The van der Waals surface area contributed by atoms with Gasteiger partial charge in [-0.3, -0.25) is 9.59 Å². The number of nitrogens with zero attached hydrogens (tertiary/aromatic N) is 1. The molecule has 0 radical (unpaired) electrons. The first-order chi connectivity index (χ1) is 21.4. The van der Waals surface area contributed by atoms with Gasteiger partial charge in [0.1, 0.15) is 17.8 Å². The predicted molar refractivity (Wildman–Crippen MR) is 174 cm³/mol. The summed E-state index contributed by atoms with van der Waals surface area (Å²) >= 11 is 12.7. The summed E-state index contributed by atoms with van der Waals surface area (Å²) in [6, 6.07) is 19.6. The molecule has 4 rings (SSSR count). The van der Waals surface area contributed by atoms with Crippen LogP contribution in [0.2, 0.25) is 10.0 Å². The molecule has 3 aromatic rings. The van der Waals surface area contributed by atoms with Crippen molar-refractivity contribution in [3.8, 4) is 11.5 Å². The lowest BCUT2D eigenvalue weighted by Gasteiger charge is -2.47. The summed E-state index contributed by atoms with van der Waals surface area (Å²) in [5.41, 5.74) is 1.85. The van der Waals surface area contributed by atoms with E-state index in [4.69, 9.17) is 46.9 Å². The Morgan fingerprint density at radius 1 is 0.933 bits per heavy atom. The number of carbonyl (C=O) groups is 2. The molecule has 1 saturated heterocycles. The second-order valence-corrected chi connectivity index (χ2v) is 12.9. The molecular weight excluding hydrogens is 617 g/mol. The fourth-order valence-electron chi connectivity index (χ4n) is 5.41. The van der Waals surface area contributed by atoms with Gasteiger partial charge in [-0.15, -0.1) is 0 Å². The molecule has 0 N–H and O–H groups in total. The van der Waals surface area contributed by atoms with Crippen molar-refractivity contribution in [3.05, 3.63) is 93.5 Å². The van der Waals surface area contributed by atoms with Crippen molar-refractivity contribution >= 4 is 35.1 Å². The van der Waals surface area contributed by atoms with Crippen molar-refractivity contribution in [2.75, 3.05) is 20.8 Å². The van der Waals surface area contributed by atoms with Crippen LogP contribution in [0.3, 0.4) is 0 Å². The Kier molecular flexibility index (Phi) is 11.8. The molecule has 0 saturated carbocycles. The number of carbonyl (C=O) groups excluding carboxylic acids is 2. The van der Waals surface area contributed by atoms with E-state index in [2.05, 4.69) is 0 Å². The Balaban J connectivity index is 1.61. The van der Waals surface area contributed by atoms with E-state index in [0.717, 1.165) is 16.7 Å². The van der Waals surface area contributed by atoms with Gasteiger partial charge < -0.3 is 28.6 Å². The number of benzene rings is 3. The number of esters is 1. The van der Waals surface area contributed by atoms with Crippen LogP contribution in [-0.2, 0) is 30.4 Å². The number of hydrogen-bond donors (Lipinski definition) is 0. The van der Waals surface area contributed by atoms with E-state index >= 15 is 0 Å². The summed E-state index contributed by atoms with van der Waals surface area (Å²) in [4.78, 5) is 29.0. The molecule has 3 aromatic carbocycles. The van der Waals surface area contributed by atoms with Gasteiger partial charge in [-0.25, -0.2) is 0 Å². The summed E-state index contributed by atoms with van der Waals surface area (Å²) in [6.45, 7) is 8.08. The molecule has 1 amide bonds. The third-order valence-electron chi connectivity index (χ3n) is 7.46. The van der Waals surface area contributed by atoms with E-state index in [1.54, 1.807) is 53.2 Å². The smallest absolute Gasteiger partial charge is 0.309 e. The third-order valence-corrected chi connectivity index (χ3v) is 7.95. The second kappa shape index (κ2) is 15.3. The van der Waals surface area contributed by atoms with E-state index < -0.39 is 29.8 Å². The first-order valence-electron chi connectivity index (χ1n) is 14.9. The zero-order valence-electron chi connectivity index (χ0n) is 26.5. The minimum atomic E-state index is -1.05. The van der Waals surface area contributed by atoms with Crippen LogP contribution in [0.4, 0.5) is 0 Å². The predicted octanol–water partition coefficient (Wildman–Crippen LogP) is 7.75. The molecular formula is C35H41Cl2NO7. The molecule has 0 unspecified atom stereocenters. The van der Waals surface area contributed by atoms with Crippen molar-refractivity contribution in [3.63, 3.8) is 0 Å². The highest BCUT2D eigenvalue weighted by Gasteiger charge is 2.46. The molecule has 0 aromatic heterocycles. The Bertz CT molecular complexity index is 1460.